The predicted octanol–water partition coefficient (Wildman–Crippen LogP) is 0.593. The topological polar surface area (TPSA) is 119 Å². The van der Waals surface area contributed by atoms with Crippen LogP contribution in [0.15, 0.2) is 21.7 Å². The van der Waals surface area contributed by atoms with Crippen LogP contribution in [0.3, 0.4) is 0 Å². The molecule has 0 amide bonds. The lowest BCUT2D eigenvalue weighted by molar-refractivity contribution is 0.607. The Labute approximate surface area is 162 Å². The number of halogens is 2. The maximum absolute atomic E-state index is 12.1. The molecule has 2 heterocycles. The van der Waals surface area contributed by atoms with Crippen LogP contribution in [0.1, 0.15) is 11.1 Å². The number of aryl methyl sites for hydroxylation is 2. The number of nitrogens with zero attached hydrogens (tertiary/aromatic N) is 3. The number of benzene rings is 1. The molecule has 2 aliphatic rings. The zero-order chi connectivity index (χ0) is 17.3. The molecule has 8 nitrogen and oxygen atoms in total. The van der Waals surface area contributed by atoms with Gasteiger partial charge in [-0.2, -0.15) is 4.98 Å². The van der Waals surface area contributed by atoms with Crippen molar-refractivity contribution in [2.45, 2.75) is 20.4 Å². The predicted molar refractivity (Wildman–Crippen MR) is 107 cm³/mol. The molecule has 4 N–H and O–H groups in total. The number of nitrogens with two attached hydrogens (primary N) is 1. The van der Waals surface area contributed by atoms with Gasteiger partial charge in [-0.15, -0.1) is 24.8 Å². The van der Waals surface area contributed by atoms with Crippen LogP contribution >= 0.6 is 24.8 Å². The third-order valence-electron chi connectivity index (χ3n) is 4.06. The van der Waals surface area contributed by atoms with Gasteiger partial charge in [0.1, 0.15) is 0 Å². The molecule has 142 valence electrons. The fourth-order valence-corrected chi connectivity index (χ4v) is 2.69. The fraction of sp³-hybridized carbons (Fsp3) is 0.375. The van der Waals surface area contributed by atoms with Crippen LogP contribution in [0.25, 0.3) is 22.6 Å². The van der Waals surface area contributed by atoms with Gasteiger partial charge in [-0.1, -0.05) is 0 Å². The summed E-state index contributed by atoms with van der Waals surface area (Å²) < 4.78 is 1.87. The van der Waals surface area contributed by atoms with Crippen molar-refractivity contribution in [3.8, 4) is 11.5 Å². The van der Waals surface area contributed by atoms with Crippen LogP contribution in [-0.2, 0) is 6.54 Å². The van der Waals surface area contributed by atoms with Gasteiger partial charge < -0.3 is 15.6 Å². The van der Waals surface area contributed by atoms with Gasteiger partial charge in [0.2, 0.25) is 0 Å². The van der Waals surface area contributed by atoms with Crippen molar-refractivity contribution in [1.82, 2.24) is 24.8 Å². The summed E-state index contributed by atoms with van der Waals surface area (Å²) in [5.41, 5.74) is 8.22. The molecule has 0 atom stereocenters. The zero-order valence-corrected chi connectivity index (χ0v) is 16.2. The van der Waals surface area contributed by atoms with Crippen LogP contribution < -0.4 is 22.3 Å². The molecule has 0 saturated heterocycles. The third-order valence-corrected chi connectivity index (χ3v) is 4.06. The quantitative estimate of drug-likeness (QED) is 0.426. The molecule has 0 radical (unpaired) electrons. The van der Waals surface area contributed by atoms with E-state index in [9.17, 15) is 9.59 Å². The van der Waals surface area contributed by atoms with E-state index in [1.165, 1.54) is 0 Å². The maximum Gasteiger partial charge on any atom is 0.349 e. The second-order valence-corrected chi connectivity index (χ2v) is 5.77. The molecule has 2 aliphatic heterocycles. The second-order valence-electron chi connectivity index (χ2n) is 5.77. The number of aromatic amines is 1. The van der Waals surface area contributed by atoms with Crippen LogP contribution in [0.4, 0.5) is 0 Å². The van der Waals surface area contributed by atoms with Gasteiger partial charge in [-0.05, 0) is 37.1 Å². The summed E-state index contributed by atoms with van der Waals surface area (Å²) in [4.78, 5) is 34.3. The minimum atomic E-state index is -0.666. The van der Waals surface area contributed by atoms with Crippen molar-refractivity contribution in [2.24, 2.45) is 5.73 Å². The molecule has 0 aliphatic carbocycles. The zero-order valence-electron chi connectivity index (χ0n) is 14.5. The Hall–Kier alpha value is -2.00. The largest absolute Gasteiger partial charge is 0.349 e. The average molecular weight is 401 g/mol. The molecule has 0 unspecified atom stereocenters. The van der Waals surface area contributed by atoms with Gasteiger partial charge in [0.15, 0.2) is 11.5 Å². The lowest BCUT2D eigenvalue weighted by atomic mass is 10.1. The van der Waals surface area contributed by atoms with Crippen molar-refractivity contribution in [3.05, 3.63) is 44.1 Å². The first-order chi connectivity index (χ1) is 11.5. The minimum absolute atomic E-state index is 0. The number of rotatable bonds is 5. The molecular formula is C16H22Cl2N6O2. The van der Waals surface area contributed by atoms with Gasteiger partial charge >= 0.3 is 5.69 Å². The van der Waals surface area contributed by atoms with Gasteiger partial charge in [-0.3, -0.25) is 9.78 Å². The Balaban J connectivity index is 0.00000169. The molecule has 0 saturated carbocycles. The summed E-state index contributed by atoms with van der Waals surface area (Å²) in [6.45, 7) is 6.45. The summed E-state index contributed by atoms with van der Waals surface area (Å²) >= 11 is 0. The highest BCUT2D eigenvalue weighted by molar-refractivity contribution is 5.85. The van der Waals surface area contributed by atoms with E-state index in [0.29, 0.717) is 37.5 Å². The molecule has 0 aromatic heterocycles. The third kappa shape index (κ3) is 4.21. The lowest BCUT2D eigenvalue weighted by Crippen LogP contribution is -2.31. The highest BCUT2D eigenvalue weighted by Crippen LogP contribution is 2.23. The van der Waals surface area contributed by atoms with Gasteiger partial charge in [0, 0.05) is 26.2 Å². The highest BCUT2D eigenvalue weighted by atomic mass is 35.5. The standard InChI is InChI=1S/C16H20N6O2.2ClH/c1-9-7-11-12(8-10(9)2)22(6-5-18-4-3-17)14-13(19-11)15(23)21-16(24)20-14;;/h7-8,18H,3-6,17H2,1-2H3,(H,21,23,24);2*1H. The highest BCUT2D eigenvalue weighted by Gasteiger charge is 2.18. The van der Waals surface area contributed by atoms with Crippen molar-refractivity contribution in [2.75, 3.05) is 19.6 Å². The number of nitrogens with one attached hydrogen (secondary N) is 2. The Kier molecular flexibility index (Phi) is 7.70. The van der Waals surface area contributed by atoms with Crippen LogP contribution in [0, 0.1) is 13.8 Å². The molecule has 1 aromatic carbocycles. The summed E-state index contributed by atoms with van der Waals surface area (Å²) in [5, 5.41) is 3.21. The number of hydrogen-bond donors (Lipinski definition) is 3. The number of hydrogen-bond acceptors (Lipinski definition) is 6. The summed E-state index contributed by atoms with van der Waals surface area (Å²) in [5.74, 6) is 0.300. The monoisotopic (exact) mass is 400 g/mol. The van der Waals surface area contributed by atoms with Gasteiger partial charge in [-0.25, -0.2) is 9.78 Å². The summed E-state index contributed by atoms with van der Waals surface area (Å²) in [7, 11) is 0. The van der Waals surface area contributed by atoms with E-state index in [4.69, 9.17) is 5.73 Å². The minimum Gasteiger partial charge on any atom is -0.329 e. The van der Waals surface area contributed by atoms with Crippen molar-refractivity contribution in [3.63, 3.8) is 0 Å². The SMILES string of the molecule is Cc1cc2nc3c(=O)[nH]c(=O)nc-3n(CCNCCN)c2cc1C.Cl.Cl. The van der Waals surface area contributed by atoms with E-state index in [1.807, 2.05) is 30.5 Å². The molecule has 0 spiro atoms. The van der Waals surface area contributed by atoms with Gasteiger partial charge in [0.05, 0.1) is 11.0 Å². The molecule has 3 rings (SSSR count). The normalized spacial score (nSPS) is 10.6. The summed E-state index contributed by atoms with van der Waals surface area (Å²) in [6, 6.07) is 3.95. The number of fused-ring (bicyclic) bond motifs is 2. The Morgan fingerprint density at radius 2 is 1.81 bits per heavy atom. The van der Waals surface area contributed by atoms with Gasteiger partial charge in [0.25, 0.3) is 5.56 Å². The first-order valence-corrected chi connectivity index (χ1v) is 7.84. The van der Waals surface area contributed by atoms with E-state index in [-0.39, 0.29) is 30.5 Å². The van der Waals surface area contributed by atoms with E-state index in [1.54, 1.807) is 0 Å². The Morgan fingerprint density at radius 1 is 1.12 bits per heavy atom. The van der Waals surface area contributed by atoms with E-state index in [2.05, 4.69) is 20.3 Å². The summed E-state index contributed by atoms with van der Waals surface area (Å²) in [6.07, 6.45) is 0. The number of aromatic nitrogens is 4. The fourth-order valence-electron chi connectivity index (χ4n) is 2.69. The maximum atomic E-state index is 12.1. The van der Waals surface area contributed by atoms with Crippen molar-refractivity contribution >= 4 is 35.8 Å². The molecule has 0 fully saturated rings. The average Bonchev–Trinajstić information content (AvgIpc) is 2.53. The molecule has 10 heteroatoms. The lowest BCUT2D eigenvalue weighted by Gasteiger charge is -2.18. The van der Waals surface area contributed by atoms with E-state index < -0.39 is 11.2 Å². The first-order valence-electron chi connectivity index (χ1n) is 7.84. The van der Waals surface area contributed by atoms with Crippen molar-refractivity contribution < 1.29 is 0 Å². The Morgan fingerprint density at radius 3 is 2.50 bits per heavy atom. The molecule has 1 aromatic rings. The molecule has 26 heavy (non-hydrogen) atoms. The molecule has 0 bridgehead atoms. The van der Waals surface area contributed by atoms with E-state index in [0.717, 1.165) is 16.6 Å². The van der Waals surface area contributed by atoms with Crippen LogP contribution in [0.2, 0.25) is 0 Å². The van der Waals surface area contributed by atoms with Crippen LogP contribution in [0.5, 0.6) is 0 Å². The van der Waals surface area contributed by atoms with Crippen molar-refractivity contribution in [1.29, 1.82) is 0 Å². The van der Waals surface area contributed by atoms with E-state index >= 15 is 0 Å². The number of H-pyrrole nitrogens is 1. The first kappa shape index (κ1) is 22.0. The Bertz CT molecular complexity index is 985. The second kappa shape index (κ2) is 9.09. The molecular weight excluding hydrogens is 379 g/mol. The smallest absolute Gasteiger partial charge is 0.329 e. The van der Waals surface area contributed by atoms with Crippen LogP contribution in [-0.4, -0.2) is 39.2 Å².